The molecule has 0 amide bonds. The highest BCUT2D eigenvalue weighted by molar-refractivity contribution is 5.60. The molecule has 150 valence electrons. The van der Waals surface area contributed by atoms with E-state index < -0.39 is 11.9 Å². The lowest BCUT2D eigenvalue weighted by atomic mass is 9.82. The van der Waals surface area contributed by atoms with Crippen molar-refractivity contribution < 1.29 is 13.2 Å². The van der Waals surface area contributed by atoms with E-state index in [1.165, 1.54) is 11.0 Å². The van der Waals surface area contributed by atoms with Gasteiger partial charge in [-0.15, -0.1) is 0 Å². The Bertz CT molecular complexity index is 753. The summed E-state index contributed by atoms with van der Waals surface area (Å²) in [4.78, 5) is 6.07. The number of hydrogen-bond donors (Lipinski definition) is 2. The summed E-state index contributed by atoms with van der Waals surface area (Å²) in [5.74, 6) is 1.85. The van der Waals surface area contributed by atoms with Gasteiger partial charge < -0.3 is 20.1 Å². The third kappa shape index (κ3) is 3.27. The second-order valence-electron chi connectivity index (χ2n) is 8.39. The summed E-state index contributed by atoms with van der Waals surface area (Å²) in [6.07, 6.45) is -0.891. The van der Waals surface area contributed by atoms with Crippen LogP contribution in [0.3, 0.4) is 0 Å². The van der Waals surface area contributed by atoms with E-state index in [0.29, 0.717) is 30.1 Å². The van der Waals surface area contributed by atoms with Crippen LogP contribution in [0.5, 0.6) is 0 Å². The van der Waals surface area contributed by atoms with E-state index in [4.69, 9.17) is 0 Å². The molecule has 0 bridgehead atoms. The summed E-state index contributed by atoms with van der Waals surface area (Å²) in [5, 5.41) is 6.91. The smallest absolute Gasteiger partial charge is 0.355 e. The lowest BCUT2D eigenvalue weighted by Crippen LogP contribution is -2.41. The monoisotopic (exact) mass is 383 g/mol. The second kappa shape index (κ2) is 6.51. The van der Waals surface area contributed by atoms with Crippen LogP contribution >= 0.6 is 0 Å². The first-order valence-corrected chi connectivity index (χ1v) is 9.73. The minimum atomic E-state index is -4.32. The van der Waals surface area contributed by atoms with E-state index in [1.807, 2.05) is 18.7 Å². The maximum absolute atomic E-state index is 13.3. The van der Waals surface area contributed by atoms with Crippen LogP contribution in [0.1, 0.15) is 56.0 Å². The molecule has 0 unspecified atom stereocenters. The summed E-state index contributed by atoms with van der Waals surface area (Å²) < 4.78 is 41.8. The maximum atomic E-state index is 13.3. The molecule has 5 atom stereocenters. The van der Waals surface area contributed by atoms with Gasteiger partial charge in [-0.25, -0.2) is 4.98 Å². The van der Waals surface area contributed by atoms with Gasteiger partial charge in [0.25, 0.3) is 0 Å². The first-order valence-electron chi connectivity index (χ1n) is 9.73. The quantitative estimate of drug-likeness (QED) is 0.785. The Morgan fingerprint density at radius 1 is 1.41 bits per heavy atom. The van der Waals surface area contributed by atoms with Crippen LogP contribution in [0.15, 0.2) is 5.70 Å². The molecule has 3 aliphatic rings. The van der Waals surface area contributed by atoms with Gasteiger partial charge in [-0.3, -0.25) is 0 Å². The molecule has 1 aromatic rings. The van der Waals surface area contributed by atoms with Gasteiger partial charge in [0, 0.05) is 19.6 Å². The Kier molecular flexibility index (Phi) is 4.54. The number of halogens is 3. The fourth-order valence-electron chi connectivity index (χ4n) is 4.81. The van der Waals surface area contributed by atoms with Crippen molar-refractivity contribution in [1.29, 1.82) is 0 Å². The standard InChI is InChI=1S/C19H28F3N5/c1-10-5-12(6-11(2)23-3)8-24-16(10)18-25-13-7-15(19(20,21)22)27-9-14(27)17(13)26(18)4/h7,10-12,14,16,23-24H,5-6,8-9H2,1-4H3/t10-,11-,12-,14+,16+,27?/m1/s1. The second-order valence-corrected chi connectivity index (χ2v) is 8.39. The van der Waals surface area contributed by atoms with E-state index in [-0.39, 0.29) is 12.1 Å². The fraction of sp³-hybridized carbons (Fsp3) is 0.737. The van der Waals surface area contributed by atoms with Gasteiger partial charge in [-0.2, -0.15) is 13.2 Å². The van der Waals surface area contributed by atoms with Gasteiger partial charge in [-0.1, -0.05) is 6.92 Å². The van der Waals surface area contributed by atoms with Crippen molar-refractivity contribution in [3.8, 4) is 0 Å². The number of rotatable bonds is 4. The Morgan fingerprint density at radius 2 is 2.15 bits per heavy atom. The molecule has 2 fully saturated rings. The molecule has 0 radical (unpaired) electrons. The van der Waals surface area contributed by atoms with Crippen LogP contribution in [0.4, 0.5) is 13.2 Å². The molecule has 27 heavy (non-hydrogen) atoms. The zero-order chi connectivity index (χ0) is 19.5. The Morgan fingerprint density at radius 3 is 2.78 bits per heavy atom. The van der Waals surface area contributed by atoms with Crippen LogP contribution in [0.2, 0.25) is 0 Å². The predicted octanol–water partition coefficient (Wildman–Crippen LogP) is 2.98. The van der Waals surface area contributed by atoms with E-state index in [9.17, 15) is 13.2 Å². The highest BCUT2D eigenvalue weighted by atomic mass is 19.4. The minimum Gasteiger partial charge on any atom is -0.355 e. The number of aromatic nitrogens is 2. The van der Waals surface area contributed by atoms with Crippen LogP contribution in [0, 0.1) is 11.8 Å². The predicted molar refractivity (Wildman–Crippen MR) is 97.8 cm³/mol. The molecular weight excluding hydrogens is 355 g/mol. The highest BCUT2D eigenvalue weighted by Gasteiger charge is 2.53. The molecule has 2 saturated heterocycles. The van der Waals surface area contributed by atoms with E-state index in [1.54, 1.807) is 0 Å². The largest absolute Gasteiger partial charge is 0.431 e. The van der Waals surface area contributed by atoms with Crippen molar-refractivity contribution in [2.75, 3.05) is 20.1 Å². The normalized spacial score (nSPS) is 31.2. The van der Waals surface area contributed by atoms with Gasteiger partial charge in [0.15, 0.2) is 0 Å². The lowest BCUT2D eigenvalue weighted by molar-refractivity contribution is -0.103. The third-order valence-corrected chi connectivity index (χ3v) is 6.36. The third-order valence-electron chi connectivity index (χ3n) is 6.36. The van der Waals surface area contributed by atoms with Gasteiger partial charge >= 0.3 is 6.18 Å². The number of imidazole rings is 1. The Labute approximate surface area is 158 Å². The van der Waals surface area contributed by atoms with Crippen molar-refractivity contribution in [3.63, 3.8) is 0 Å². The van der Waals surface area contributed by atoms with Crippen molar-refractivity contribution in [2.45, 2.75) is 51.0 Å². The summed E-state index contributed by atoms with van der Waals surface area (Å²) in [6, 6.07) is 0.375. The molecule has 5 nitrogen and oxygen atoms in total. The van der Waals surface area contributed by atoms with Crippen LogP contribution in [-0.4, -0.2) is 46.8 Å². The molecular formula is C19H28F3N5. The molecule has 0 aromatic carbocycles. The molecule has 4 rings (SSSR count). The van der Waals surface area contributed by atoms with Crippen LogP contribution in [0.25, 0.3) is 6.08 Å². The van der Waals surface area contributed by atoms with Crippen molar-refractivity contribution in [1.82, 2.24) is 25.1 Å². The number of allylic oxidation sites excluding steroid dienone is 1. The summed E-state index contributed by atoms with van der Waals surface area (Å²) in [7, 11) is 3.92. The SMILES string of the molecule is CN[C@H](C)C[C@@H]1CN[C@H](c2nc3c(n2C)[C@@H]2CN2C(C(F)(F)F)=C3)[C@H](C)C1. The number of fused-ring (bicyclic) bond motifs is 3. The number of nitrogens with one attached hydrogen (secondary N) is 2. The average molecular weight is 383 g/mol. The van der Waals surface area contributed by atoms with Gasteiger partial charge in [0.2, 0.25) is 0 Å². The van der Waals surface area contributed by atoms with Crippen LogP contribution in [-0.2, 0) is 7.05 Å². The first kappa shape index (κ1) is 18.8. The lowest BCUT2D eigenvalue weighted by Gasteiger charge is -2.36. The van der Waals surface area contributed by atoms with E-state index in [2.05, 4.69) is 29.5 Å². The summed E-state index contributed by atoms with van der Waals surface area (Å²) in [5.41, 5.74) is 0.840. The van der Waals surface area contributed by atoms with E-state index >= 15 is 0 Å². The van der Waals surface area contributed by atoms with Crippen LogP contribution < -0.4 is 10.6 Å². The maximum Gasteiger partial charge on any atom is 0.431 e. The van der Waals surface area contributed by atoms with Crippen molar-refractivity contribution in [2.24, 2.45) is 18.9 Å². The molecule has 0 saturated carbocycles. The number of nitrogens with zero attached hydrogens (tertiary/aromatic N) is 3. The van der Waals surface area contributed by atoms with Crippen molar-refractivity contribution >= 4 is 6.08 Å². The summed E-state index contributed by atoms with van der Waals surface area (Å²) in [6.45, 7) is 5.74. The molecule has 0 spiro atoms. The number of piperidine rings is 1. The summed E-state index contributed by atoms with van der Waals surface area (Å²) >= 11 is 0. The molecule has 4 heterocycles. The van der Waals surface area contributed by atoms with Gasteiger partial charge in [-0.05, 0) is 51.3 Å². The minimum absolute atomic E-state index is 0.0803. The van der Waals surface area contributed by atoms with E-state index in [0.717, 1.165) is 30.9 Å². The van der Waals surface area contributed by atoms with Gasteiger partial charge in [0.1, 0.15) is 11.5 Å². The average Bonchev–Trinajstić information content (AvgIpc) is 3.31. The van der Waals surface area contributed by atoms with Gasteiger partial charge in [0.05, 0.1) is 23.5 Å². The molecule has 8 heteroatoms. The fourth-order valence-corrected chi connectivity index (χ4v) is 4.81. The number of hydrogen-bond acceptors (Lipinski definition) is 4. The first-order chi connectivity index (χ1) is 12.7. The van der Waals surface area contributed by atoms with Crippen molar-refractivity contribution in [3.05, 3.63) is 22.9 Å². The zero-order valence-corrected chi connectivity index (χ0v) is 16.3. The molecule has 1 aromatic heterocycles. The Hall–Kier alpha value is -1.54. The Balaban J connectivity index is 1.56. The zero-order valence-electron chi connectivity index (χ0n) is 16.3. The molecule has 2 N–H and O–H groups in total. The number of alkyl halides is 3. The topological polar surface area (TPSA) is 44.9 Å². The highest BCUT2D eigenvalue weighted by Crippen LogP contribution is 2.50. The molecule has 3 aliphatic heterocycles. The molecule has 0 aliphatic carbocycles.